The molecule has 0 spiro atoms. The van der Waals surface area contributed by atoms with E-state index < -0.39 is 0 Å². The van der Waals surface area contributed by atoms with Crippen molar-refractivity contribution in [3.05, 3.63) is 84.2 Å². The smallest absolute Gasteiger partial charge is 0.247 e. The zero-order valence-electron chi connectivity index (χ0n) is 25.6. The molecule has 0 aliphatic heterocycles. The number of nitrogens with one attached hydrogen (secondary N) is 2. The quantitative estimate of drug-likeness (QED) is 0.249. The van der Waals surface area contributed by atoms with E-state index in [-0.39, 0.29) is 11.4 Å². The van der Waals surface area contributed by atoms with Crippen LogP contribution in [0.25, 0.3) is 5.57 Å². The predicted molar refractivity (Wildman–Crippen MR) is 172 cm³/mol. The number of amides is 1. The van der Waals surface area contributed by atoms with E-state index in [0.29, 0.717) is 28.5 Å². The van der Waals surface area contributed by atoms with E-state index in [1.807, 2.05) is 25.1 Å². The third-order valence-corrected chi connectivity index (χ3v) is 8.75. The van der Waals surface area contributed by atoms with Crippen molar-refractivity contribution in [2.75, 3.05) is 50.3 Å². The Labute approximate surface area is 249 Å². The summed E-state index contributed by atoms with van der Waals surface area (Å²) in [6, 6.07) is 14.2. The molecule has 2 bridgehead atoms. The summed E-state index contributed by atoms with van der Waals surface area (Å²) in [5.74, 6) is 0.805. The number of benzene rings is 2. The highest BCUT2D eigenvalue weighted by Gasteiger charge is 2.69. The molecule has 42 heavy (non-hydrogen) atoms. The molecule has 3 aromatic rings. The number of aryl methyl sites for hydroxylation is 1. The monoisotopic (exact) mass is 566 g/mol. The van der Waals surface area contributed by atoms with Crippen molar-refractivity contribution in [2.45, 2.75) is 45.1 Å². The van der Waals surface area contributed by atoms with Gasteiger partial charge in [0, 0.05) is 37.0 Å². The van der Waals surface area contributed by atoms with Crippen molar-refractivity contribution < 1.29 is 9.53 Å². The Hall–Kier alpha value is -4.17. The van der Waals surface area contributed by atoms with Crippen molar-refractivity contribution in [2.24, 2.45) is 5.41 Å². The molecule has 3 fully saturated rings. The first-order valence-electron chi connectivity index (χ1n) is 14.6. The van der Waals surface area contributed by atoms with Gasteiger partial charge in [0.1, 0.15) is 5.75 Å². The minimum absolute atomic E-state index is 0.0960. The molecule has 2 N–H and O–H groups in total. The van der Waals surface area contributed by atoms with E-state index >= 15 is 0 Å². The van der Waals surface area contributed by atoms with Crippen molar-refractivity contribution >= 4 is 34.5 Å². The van der Waals surface area contributed by atoms with E-state index in [0.717, 1.165) is 54.7 Å². The van der Waals surface area contributed by atoms with Crippen molar-refractivity contribution in [1.29, 1.82) is 0 Å². The van der Waals surface area contributed by atoms with Crippen LogP contribution in [-0.2, 0) is 11.2 Å². The molecule has 0 saturated heterocycles. The van der Waals surface area contributed by atoms with Gasteiger partial charge in [0.15, 0.2) is 0 Å². The lowest BCUT2D eigenvalue weighted by atomic mass is 9.38. The summed E-state index contributed by atoms with van der Waals surface area (Å²) in [4.78, 5) is 26.5. The molecule has 0 radical (unpaired) electrons. The molecule has 220 valence electrons. The Kier molecular flexibility index (Phi) is 8.10. The number of rotatable bonds is 12. The van der Waals surface area contributed by atoms with Crippen LogP contribution in [0.15, 0.2) is 67.4 Å². The molecule has 3 aliphatic carbocycles. The number of carbonyl (C=O) groups excluding carboxylic acids is 1. The third kappa shape index (κ3) is 5.39. The molecular formula is C34H42N6O2. The maximum atomic E-state index is 12.5. The highest BCUT2D eigenvalue weighted by Crippen LogP contribution is 2.70. The number of hydrogen-bond acceptors (Lipinski definition) is 7. The van der Waals surface area contributed by atoms with Crippen LogP contribution in [0.2, 0.25) is 0 Å². The summed E-state index contributed by atoms with van der Waals surface area (Å²) in [7, 11) is 8.04. The van der Waals surface area contributed by atoms with Crippen LogP contribution in [0.3, 0.4) is 0 Å². The Balaban J connectivity index is 1.46. The van der Waals surface area contributed by atoms with Crippen LogP contribution >= 0.6 is 0 Å². The Morgan fingerprint density at radius 2 is 1.86 bits per heavy atom. The molecule has 3 saturated carbocycles. The fourth-order valence-corrected chi connectivity index (χ4v) is 7.01. The van der Waals surface area contributed by atoms with Crippen molar-refractivity contribution in [1.82, 2.24) is 14.9 Å². The van der Waals surface area contributed by atoms with Crippen molar-refractivity contribution in [3.8, 4) is 5.75 Å². The second-order valence-electron chi connectivity index (χ2n) is 11.9. The standard InChI is InChI=1S/C34H42N6O2/c1-8-23-13-11-12-14-25(23)24(9-2)26-15-16-35-32(37-26)38-28-17-27(36-31(41)10-3)29(18-30(28)42-7)40(6)34-19-33(20-34,21-34)22-39(4)5/h9-18H,3,8,19-22H2,1-2,4-7H3,(H,36,41)(H,35,37,38)/b24-9+. The van der Waals surface area contributed by atoms with Gasteiger partial charge < -0.3 is 25.2 Å². The van der Waals surface area contributed by atoms with Crippen molar-refractivity contribution in [3.63, 3.8) is 0 Å². The van der Waals surface area contributed by atoms with Crippen LogP contribution < -0.4 is 20.3 Å². The highest BCUT2D eigenvalue weighted by molar-refractivity contribution is 6.02. The van der Waals surface area contributed by atoms with E-state index in [9.17, 15) is 4.79 Å². The molecule has 8 heteroatoms. The van der Waals surface area contributed by atoms with Gasteiger partial charge in [-0.05, 0) is 81.5 Å². The van der Waals surface area contributed by atoms with Crippen LogP contribution in [0.1, 0.15) is 49.9 Å². The SMILES string of the molecule is C=CC(=O)Nc1cc(Nc2nccc(/C(=C/C)c3ccccc3CC)n2)c(OC)cc1N(C)C12CC(CN(C)C)(C1)C2. The van der Waals surface area contributed by atoms with Gasteiger partial charge in [-0.3, -0.25) is 4.79 Å². The van der Waals surface area contributed by atoms with Gasteiger partial charge in [-0.15, -0.1) is 0 Å². The summed E-state index contributed by atoms with van der Waals surface area (Å²) in [5, 5.41) is 6.37. The topological polar surface area (TPSA) is 82.6 Å². The Bertz CT molecular complexity index is 1510. The summed E-state index contributed by atoms with van der Waals surface area (Å²) < 4.78 is 5.85. The number of aromatic nitrogens is 2. The van der Waals surface area contributed by atoms with Crippen LogP contribution in [0.4, 0.5) is 23.0 Å². The normalized spacial score (nSPS) is 20.8. The van der Waals surface area contributed by atoms with Gasteiger partial charge >= 0.3 is 0 Å². The minimum Gasteiger partial charge on any atom is -0.494 e. The number of carbonyl (C=O) groups is 1. The molecule has 0 unspecified atom stereocenters. The van der Waals surface area contributed by atoms with E-state index in [1.54, 1.807) is 13.3 Å². The van der Waals surface area contributed by atoms with Gasteiger partial charge in [-0.1, -0.05) is 43.8 Å². The summed E-state index contributed by atoms with van der Waals surface area (Å²) >= 11 is 0. The maximum Gasteiger partial charge on any atom is 0.247 e. The van der Waals surface area contributed by atoms with Gasteiger partial charge in [0.25, 0.3) is 0 Å². The van der Waals surface area contributed by atoms with E-state index in [4.69, 9.17) is 9.72 Å². The number of ether oxygens (including phenoxy) is 1. The highest BCUT2D eigenvalue weighted by atomic mass is 16.5. The van der Waals surface area contributed by atoms with Gasteiger partial charge in [-0.2, -0.15) is 0 Å². The second-order valence-corrected chi connectivity index (χ2v) is 11.9. The molecule has 1 amide bonds. The Morgan fingerprint density at radius 3 is 2.50 bits per heavy atom. The molecule has 2 aromatic carbocycles. The summed E-state index contributed by atoms with van der Waals surface area (Å²) in [5.41, 5.74) is 7.04. The lowest BCUT2D eigenvalue weighted by Gasteiger charge is -2.74. The molecule has 1 heterocycles. The van der Waals surface area contributed by atoms with Gasteiger partial charge in [-0.25, -0.2) is 9.97 Å². The number of hydrogen-bond donors (Lipinski definition) is 2. The molecule has 6 rings (SSSR count). The molecule has 0 atom stereocenters. The number of allylic oxidation sites excluding steroid dienone is 1. The second kappa shape index (κ2) is 11.6. The minimum atomic E-state index is -0.270. The maximum absolute atomic E-state index is 12.5. The van der Waals surface area contributed by atoms with Crippen LogP contribution in [0.5, 0.6) is 5.75 Å². The summed E-state index contributed by atoms with van der Waals surface area (Å²) in [6.45, 7) is 8.94. The average molecular weight is 567 g/mol. The molecule has 8 nitrogen and oxygen atoms in total. The molecular weight excluding hydrogens is 524 g/mol. The number of anilines is 4. The fourth-order valence-electron chi connectivity index (χ4n) is 7.01. The Morgan fingerprint density at radius 1 is 1.12 bits per heavy atom. The zero-order valence-corrected chi connectivity index (χ0v) is 25.6. The lowest BCUT2D eigenvalue weighted by Crippen LogP contribution is -2.76. The van der Waals surface area contributed by atoms with Gasteiger partial charge in [0.2, 0.25) is 11.9 Å². The lowest BCUT2D eigenvalue weighted by molar-refractivity contribution is -0.143. The molecule has 1 aromatic heterocycles. The number of nitrogens with zero attached hydrogens (tertiary/aromatic N) is 4. The average Bonchev–Trinajstić information content (AvgIpc) is 2.94. The zero-order chi connectivity index (χ0) is 30.1. The summed E-state index contributed by atoms with van der Waals surface area (Å²) in [6.07, 6.45) is 9.47. The van der Waals surface area contributed by atoms with Crippen LogP contribution in [-0.4, -0.2) is 61.1 Å². The predicted octanol–water partition coefficient (Wildman–Crippen LogP) is 6.29. The van der Waals surface area contributed by atoms with E-state index in [1.165, 1.54) is 11.6 Å². The first-order chi connectivity index (χ1) is 20.2. The largest absolute Gasteiger partial charge is 0.494 e. The van der Waals surface area contributed by atoms with Crippen LogP contribution in [0, 0.1) is 5.41 Å². The van der Waals surface area contributed by atoms with Gasteiger partial charge in [0.05, 0.1) is 29.9 Å². The molecule has 3 aliphatic rings. The fraction of sp³-hybridized carbons (Fsp3) is 0.382. The first-order valence-corrected chi connectivity index (χ1v) is 14.6. The number of methoxy groups -OCH3 is 1. The van der Waals surface area contributed by atoms with E-state index in [2.05, 4.69) is 90.4 Å². The first kappa shape index (κ1) is 29.3. The third-order valence-electron chi connectivity index (χ3n) is 8.75.